The Kier molecular flexibility index (Phi) is 8.51. The van der Waals surface area contributed by atoms with Crippen LogP contribution in [0.25, 0.3) is 0 Å². The van der Waals surface area contributed by atoms with Crippen molar-refractivity contribution in [2.45, 2.75) is 58.3 Å². The number of ketones is 1. The van der Waals surface area contributed by atoms with E-state index >= 15 is 0 Å². The quantitative estimate of drug-likeness (QED) is 0.482. The average Bonchev–Trinajstić information content (AvgIpc) is 2.43. The predicted molar refractivity (Wildman–Crippen MR) is 77.4 cm³/mol. The van der Waals surface area contributed by atoms with Crippen LogP contribution in [0.1, 0.15) is 58.3 Å². The molecule has 20 heavy (non-hydrogen) atoms. The zero-order valence-electron chi connectivity index (χ0n) is 12.9. The molecule has 4 heteroatoms. The summed E-state index contributed by atoms with van der Waals surface area (Å²) in [6, 6.07) is 0. The molecule has 0 bridgehead atoms. The van der Waals surface area contributed by atoms with Gasteiger partial charge in [-0.3, -0.25) is 4.79 Å². The largest absolute Gasteiger partial charge is 0.465 e. The molecule has 116 valence electrons. The van der Waals surface area contributed by atoms with Crippen molar-refractivity contribution in [1.82, 2.24) is 0 Å². The molecule has 0 aromatic rings. The fourth-order valence-corrected chi connectivity index (χ4v) is 2.74. The van der Waals surface area contributed by atoms with Gasteiger partial charge in [-0.15, -0.1) is 0 Å². The number of unbranched alkanes of at least 4 members (excludes halogenated alkanes) is 2. The molecule has 1 saturated carbocycles. The molecule has 4 nitrogen and oxygen atoms in total. The molecule has 0 aromatic heterocycles. The van der Waals surface area contributed by atoms with E-state index < -0.39 is 0 Å². The van der Waals surface area contributed by atoms with E-state index in [1.807, 2.05) is 0 Å². The number of hydrogen-bond donors (Lipinski definition) is 0. The first-order chi connectivity index (χ1) is 9.63. The Morgan fingerprint density at radius 3 is 2.35 bits per heavy atom. The van der Waals surface area contributed by atoms with Gasteiger partial charge in [-0.05, 0) is 57.8 Å². The fourth-order valence-electron chi connectivity index (χ4n) is 2.74. The maximum absolute atomic E-state index is 11.9. The lowest BCUT2D eigenvalue weighted by Gasteiger charge is -2.26. The zero-order chi connectivity index (χ0) is 14.8. The second-order valence-corrected chi connectivity index (χ2v) is 5.85. The number of ether oxygens (including phenoxy) is 2. The summed E-state index contributed by atoms with van der Waals surface area (Å²) in [6.07, 6.45) is 7.32. The lowest BCUT2D eigenvalue weighted by atomic mass is 9.82. The van der Waals surface area contributed by atoms with Crippen molar-refractivity contribution < 1.29 is 19.1 Å². The van der Waals surface area contributed by atoms with Crippen LogP contribution < -0.4 is 0 Å². The SMILES string of the molecule is COCC1CCC(C(=O)OCCCCCC(C)=O)CC1. The molecule has 0 N–H and O–H groups in total. The topological polar surface area (TPSA) is 52.6 Å². The van der Waals surface area contributed by atoms with Crippen LogP contribution in [-0.4, -0.2) is 32.1 Å². The van der Waals surface area contributed by atoms with Gasteiger partial charge in [0.25, 0.3) is 0 Å². The molecule has 0 saturated heterocycles. The lowest BCUT2D eigenvalue weighted by Crippen LogP contribution is -2.25. The molecule has 1 fully saturated rings. The highest BCUT2D eigenvalue weighted by Crippen LogP contribution is 2.29. The number of rotatable bonds is 9. The minimum Gasteiger partial charge on any atom is -0.465 e. The summed E-state index contributed by atoms with van der Waals surface area (Å²) in [5, 5.41) is 0. The summed E-state index contributed by atoms with van der Waals surface area (Å²) in [5.41, 5.74) is 0. The Morgan fingerprint density at radius 1 is 1.05 bits per heavy atom. The van der Waals surface area contributed by atoms with Gasteiger partial charge in [0.2, 0.25) is 0 Å². The van der Waals surface area contributed by atoms with Gasteiger partial charge in [0.15, 0.2) is 0 Å². The van der Waals surface area contributed by atoms with E-state index in [4.69, 9.17) is 9.47 Å². The summed E-state index contributed by atoms with van der Waals surface area (Å²) >= 11 is 0. The lowest BCUT2D eigenvalue weighted by molar-refractivity contribution is -0.150. The van der Waals surface area contributed by atoms with Crippen LogP contribution in [0.2, 0.25) is 0 Å². The summed E-state index contributed by atoms with van der Waals surface area (Å²) in [5.74, 6) is 0.887. The molecule has 0 aromatic carbocycles. The van der Waals surface area contributed by atoms with E-state index in [2.05, 4.69) is 0 Å². The van der Waals surface area contributed by atoms with Crippen LogP contribution in [-0.2, 0) is 19.1 Å². The van der Waals surface area contributed by atoms with Crippen molar-refractivity contribution in [3.63, 3.8) is 0 Å². The first-order valence-electron chi connectivity index (χ1n) is 7.78. The first-order valence-corrected chi connectivity index (χ1v) is 7.78. The maximum Gasteiger partial charge on any atom is 0.308 e. The van der Waals surface area contributed by atoms with E-state index in [-0.39, 0.29) is 17.7 Å². The molecular weight excluding hydrogens is 256 g/mol. The standard InChI is InChI=1S/C16H28O4/c1-13(17)6-4-3-5-11-20-16(18)15-9-7-14(8-10-15)12-19-2/h14-15H,3-12H2,1-2H3. The number of hydrogen-bond acceptors (Lipinski definition) is 4. The first kappa shape index (κ1) is 17.2. The number of Topliss-reactive ketones (excluding diaryl/α,β-unsaturated/α-hetero) is 1. The van der Waals surface area contributed by atoms with Gasteiger partial charge in [-0.25, -0.2) is 0 Å². The van der Waals surface area contributed by atoms with Gasteiger partial charge < -0.3 is 14.3 Å². The average molecular weight is 284 g/mol. The van der Waals surface area contributed by atoms with Gasteiger partial charge in [0, 0.05) is 20.1 Å². The van der Waals surface area contributed by atoms with E-state index in [0.29, 0.717) is 18.9 Å². The maximum atomic E-state index is 11.9. The zero-order valence-corrected chi connectivity index (χ0v) is 12.9. The third-order valence-corrected chi connectivity index (χ3v) is 4.00. The fraction of sp³-hybridized carbons (Fsp3) is 0.875. The molecule has 1 aliphatic carbocycles. The number of carbonyl (C=O) groups excluding carboxylic acids is 2. The van der Waals surface area contributed by atoms with Crippen LogP contribution >= 0.6 is 0 Å². The second-order valence-electron chi connectivity index (χ2n) is 5.85. The smallest absolute Gasteiger partial charge is 0.308 e. The molecule has 0 amide bonds. The molecular formula is C16H28O4. The molecule has 0 unspecified atom stereocenters. The van der Waals surface area contributed by atoms with E-state index in [1.54, 1.807) is 14.0 Å². The molecule has 0 radical (unpaired) electrons. The van der Waals surface area contributed by atoms with E-state index in [1.165, 1.54) is 0 Å². The van der Waals surface area contributed by atoms with E-state index in [0.717, 1.165) is 51.6 Å². The summed E-state index contributed by atoms with van der Waals surface area (Å²) < 4.78 is 10.5. The number of methoxy groups -OCH3 is 1. The van der Waals surface area contributed by atoms with Crippen LogP contribution in [0.4, 0.5) is 0 Å². The summed E-state index contributed by atoms with van der Waals surface area (Å²) in [6.45, 7) is 2.91. The highest BCUT2D eigenvalue weighted by atomic mass is 16.5. The van der Waals surface area contributed by atoms with Crippen LogP contribution in [0.5, 0.6) is 0 Å². The number of esters is 1. The molecule has 0 aliphatic heterocycles. The van der Waals surface area contributed by atoms with Gasteiger partial charge in [-0.2, -0.15) is 0 Å². The highest BCUT2D eigenvalue weighted by molar-refractivity contribution is 5.75. The number of carbonyl (C=O) groups is 2. The summed E-state index contributed by atoms with van der Waals surface area (Å²) in [4.78, 5) is 22.7. The molecule has 1 aliphatic rings. The van der Waals surface area contributed by atoms with Crippen molar-refractivity contribution in [2.75, 3.05) is 20.3 Å². The van der Waals surface area contributed by atoms with Crippen molar-refractivity contribution in [3.8, 4) is 0 Å². The van der Waals surface area contributed by atoms with Crippen molar-refractivity contribution in [2.24, 2.45) is 11.8 Å². The second kappa shape index (κ2) is 9.92. The van der Waals surface area contributed by atoms with Crippen LogP contribution in [0, 0.1) is 11.8 Å². The third-order valence-electron chi connectivity index (χ3n) is 4.00. The van der Waals surface area contributed by atoms with Crippen molar-refractivity contribution in [3.05, 3.63) is 0 Å². The summed E-state index contributed by atoms with van der Waals surface area (Å²) in [7, 11) is 1.73. The Hall–Kier alpha value is -0.900. The van der Waals surface area contributed by atoms with Crippen LogP contribution in [0.3, 0.4) is 0 Å². The minimum absolute atomic E-state index is 0.0348. The van der Waals surface area contributed by atoms with Crippen molar-refractivity contribution in [1.29, 1.82) is 0 Å². The van der Waals surface area contributed by atoms with Gasteiger partial charge >= 0.3 is 5.97 Å². The monoisotopic (exact) mass is 284 g/mol. The molecule has 1 rings (SSSR count). The van der Waals surface area contributed by atoms with Gasteiger partial charge in [0.1, 0.15) is 5.78 Å². The molecule has 0 heterocycles. The third kappa shape index (κ3) is 7.04. The Balaban J connectivity index is 2.04. The van der Waals surface area contributed by atoms with E-state index in [9.17, 15) is 9.59 Å². The van der Waals surface area contributed by atoms with Crippen molar-refractivity contribution >= 4 is 11.8 Å². The Labute approximate surface area is 122 Å². The van der Waals surface area contributed by atoms with Gasteiger partial charge in [-0.1, -0.05) is 0 Å². The highest BCUT2D eigenvalue weighted by Gasteiger charge is 2.27. The predicted octanol–water partition coefficient (Wildman–Crippen LogP) is 3.13. The molecule has 0 atom stereocenters. The Bertz CT molecular complexity index is 293. The molecule has 0 spiro atoms. The minimum atomic E-state index is -0.0348. The normalized spacial score (nSPS) is 22.5. The Morgan fingerprint density at radius 2 is 1.75 bits per heavy atom. The van der Waals surface area contributed by atoms with Gasteiger partial charge in [0.05, 0.1) is 12.5 Å². The van der Waals surface area contributed by atoms with Crippen LogP contribution in [0.15, 0.2) is 0 Å².